The van der Waals surface area contributed by atoms with E-state index in [0.29, 0.717) is 6.04 Å². The molecule has 0 unspecified atom stereocenters. The summed E-state index contributed by atoms with van der Waals surface area (Å²) in [6, 6.07) is 6.47. The van der Waals surface area contributed by atoms with E-state index in [4.69, 9.17) is 0 Å². The molecule has 13 heavy (non-hydrogen) atoms. The standard InChI is InChI=1S/C9H10N4/c1-2-6-13-8(3-1)11-9(12-13)10-7-4-5-7/h1-3,6-7H,4-5H2,(H,10,12). The molecule has 0 aliphatic heterocycles. The summed E-state index contributed by atoms with van der Waals surface area (Å²) < 4.78 is 1.78. The SMILES string of the molecule is c1ccn2nc(NC3CC3)nc2c1. The van der Waals surface area contributed by atoms with E-state index in [0.717, 1.165) is 11.6 Å². The van der Waals surface area contributed by atoms with Crippen LogP contribution < -0.4 is 5.32 Å². The van der Waals surface area contributed by atoms with E-state index in [9.17, 15) is 0 Å². The van der Waals surface area contributed by atoms with Crippen LogP contribution >= 0.6 is 0 Å². The van der Waals surface area contributed by atoms with Crippen molar-refractivity contribution in [2.24, 2.45) is 0 Å². The molecule has 1 fully saturated rings. The van der Waals surface area contributed by atoms with Crippen LogP contribution in [0.5, 0.6) is 0 Å². The zero-order chi connectivity index (χ0) is 8.67. The number of nitrogens with zero attached hydrogens (tertiary/aromatic N) is 3. The fourth-order valence-electron chi connectivity index (χ4n) is 1.30. The first kappa shape index (κ1) is 6.88. The third kappa shape index (κ3) is 1.24. The maximum atomic E-state index is 4.33. The van der Waals surface area contributed by atoms with Gasteiger partial charge < -0.3 is 5.32 Å². The summed E-state index contributed by atoms with van der Waals surface area (Å²) in [5.41, 5.74) is 0.894. The number of rotatable bonds is 2. The summed E-state index contributed by atoms with van der Waals surface area (Å²) in [4.78, 5) is 4.33. The van der Waals surface area contributed by atoms with E-state index < -0.39 is 0 Å². The van der Waals surface area contributed by atoms with Gasteiger partial charge in [0.15, 0.2) is 5.65 Å². The molecule has 0 spiro atoms. The number of hydrogen-bond donors (Lipinski definition) is 1. The van der Waals surface area contributed by atoms with Crippen molar-refractivity contribution in [1.82, 2.24) is 14.6 Å². The Bertz CT molecular complexity index is 397. The van der Waals surface area contributed by atoms with Gasteiger partial charge in [0.05, 0.1) is 0 Å². The number of fused-ring (bicyclic) bond motifs is 1. The molecule has 4 heteroatoms. The molecule has 1 N–H and O–H groups in total. The Morgan fingerprint density at radius 1 is 1.38 bits per heavy atom. The van der Waals surface area contributed by atoms with E-state index in [1.807, 2.05) is 24.4 Å². The highest BCUT2D eigenvalue weighted by atomic mass is 15.3. The smallest absolute Gasteiger partial charge is 0.243 e. The van der Waals surface area contributed by atoms with Gasteiger partial charge >= 0.3 is 0 Å². The Kier molecular flexibility index (Phi) is 1.30. The second kappa shape index (κ2) is 2.45. The molecule has 1 aliphatic carbocycles. The lowest BCUT2D eigenvalue weighted by molar-refractivity contribution is 0.949. The summed E-state index contributed by atoms with van der Waals surface area (Å²) in [5, 5.41) is 7.55. The molecule has 0 saturated heterocycles. The number of aromatic nitrogens is 3. The summed E-state index contributed by atoms with van der Waals surface area (Å²) in [7, 11) is 0. The second-order valence-electron chi connectivity index (χ2n) is 3.36. The fourth-order valence-corrected chi connectivity index (χ4v) is 1.30. The Labute approximate surface area is 75.6 Å². The van der Waals surface area contributed by atoms with Crippen LogP contribution in [0.25, 0.3) is 5.65 Å². The Hall–Kier alpha value is -1.58. The largest absolute Gasteiger partial charge is 0.350 e. The normalized spacial score (nSPS) is 16.3. The summed E-state index contributed by atoms with van der Waals surface area (Å²) in [6.07, 6.45) is 4.39. The van der Waals surface area contributed by atoms with Gasteiger partial charge in [-0.25, -0.2) is 4.52 Å². The molecule has 0 aromatic carbocycles. The maximum Gasteiger partial charge on any atom is 0.243 e. The molecular formula is C9H10N4. The molecule has 0 bridgehead atoms. The first-order valence-corrected chi connectivity index (χ1v) is 4.50. The monoisotopic (exact) mass is 174 g/mol. The maximum absolute atomic E-state index is 4.33. The van der Waals surface area contributed by atoms with Crippen molar-refractivity contribution in [2.75, 3.05) is 5.32 Å². The van der Waals surface area contributed by atoms with Crippen molar-refractivity contribution in [3.63, 3.8) is 0 Å². The minimum atomic E-state index is 0.609. The predicted octanol–water partition coefficient (Wildman–Crippen LogP) is 1.30. The third-order valence-corrected chi connectivity index (χ3v) is 2.15. The Morgan fingerprint density at radius 3 is 3.08 bits per heavy atom. The van der Waals surface area contributed by atoms with Crippen LogP contribution in [0.2, 0.25) is 0 Å². The molecule has 1 aliphatic rings. The van der Waals surface area contributed by atoms with Crippen LogP contribution in [0.1, 0.15) is 12.8 Å². The summed E-state index contributed by atoms with van der Waals surface area (Å²) in [6.45, 7) is 0. The van der Waals surface area contributed by atoms with Gasteiger partial charge in [0.1, 0.15) is 0 Å². The molecule has 2 heterocycles. The molecule has 2 aromatic heterocycles. The molecule has 1 saturated carbocycles. The van der Waals surface area contributed by atoms with Crippen molar-refractivity contribution in [3.05, 3.63) is 24.4 Å². The first-order chi connectivity index (χ1) is 6.42. The molecule has 3 rings (SSSR count). The quantitative estimate of drug-likeness (QED) is 0.746. The van der Waals surface area contributed by atoms with E-state index in [1.165, 1.54) is 12.8 Å². The predicted molar refractivity (Wildman–Crippen MR) is 49.6 cm³/mol. The van der Waals surface area contributed by atoms with E-state index in [1.54, 1.807) is 4.52 Å². The number of anilines is 1. The molecule has 0 amide bonds. The van der Waals surface area contributed by atoms with Crippen LogP contribution in [0.15, 0.2) is 24.4 Å². The van der Waals surface area contributed by atoms with Crippen molar-refractivity contribution in [3.8, 4) is 0 Å². The average molecular weight is 174 g/mol. The van der Waals surface area contributed by atoms with Gasteiger partial charge in [-0.1, -0.05) is 6.07 Å². The van der Waals surface area contributed by atoms with Gasteiger partial charge in [0.25, 0.3) is 0 Å². The van der Waals surface area contributed by atoms with Crippen molar-refractivity contribution >= 4 is 11.6 Å². The number of hydrogen-bond acceptors (Lipinski definition) is 3. The fraction of sp³-hybridized carbons (Fsp3) is 0.333. The van der Waals surface area contributed by atoms with Crippen molar-refractivity contribution in [2.45, 2.75) is 18.9 Å². The van der Waals surface area contributed by atoms with Crippen LogP contribution in [0.4, 0.5) is 5.95 Å². The average Bonchev–Trinajstić information content (AvgIpc) is 2.85. The lowest BCUT2D eigenvalue weighted by Gasteiger charge is -1.93. The van der Waals surface area contributed by atoms with Crippen LogP contribution in [-0.2, 0) is 0 Å². The Morgan fingerprint density at radius 2 is 2.31 bits per heavy atom. The summed E-state index contributed by atoms with van der Waals surface area (Å²) in [5.74, 6) is 0.744. The van der Waals surface area contributed by atoms with Crippen molar-refractivity contribution < 1.29 is 0 Å². The first-order valence-electron chi connectivity index (χ1n) is 4.50. The van der Waals surface area contributed by atoms with Gasteiger partial charge in [0, 0.05) is 12.2 Å². The minimum absolute atomic E-state index is 0.609. The highest BCUT2D eigenvalue weighted by molar-refractivity contribution is 5.43. The highest BCUT2D eigenvalue weighted by Crippen LogP contribution is 2.22. The number of pyridine rings is 1. The molecule has 66 valence electrons. The lowest BCUT2D eigenvalue weighted by atomic mass is 10.5. The van der Waals surface area contributed by atoms with E-state index in [-0.39, 0.29) is 0 Å². The molecule has 0 radical (unpaired) electrons. The zero-order valence-corrected chi connectivity index (χ0v) is 7.14. The second-order valence-corrected chi connectivity index (χ2v) is 3.36. The van der Waals surface area contributed by atoms with E-state index in [2.05, 4.69) is 15.4 Å². The molecule has 0 atom stereocenters. The zero-order valence-electron chi connectivity index (χ0n) is 7.14. The van der Waals surface area contributed by atoms with E-state index >= 15 is 0 Å². The van der Waals surface area contributed by atoms with Crippen molar-refractivity contribution in [1.29, 1.82) is 0 Å². The molecule has 4 nitrogen and oxygen atoms in total. The summed E-state index contributed by atoms with van der Waals surface area (Å²) >= 11 is 0. The van der Waals surface area contributed by atoms with Gasteiger partial charge in [-0.15, -0.1) is 5.10 Å². The van der Waals surface area contributed by atoms with Gasteiger partial charge in [0.2, 0.25) is 5.95 Å². The lowest BCUT2D eigenvalue weighted by Crippen LogP contribution is -2.02. The Balaban J connectivity index is 2.00. The molecule has 2 aromatic rings. The van der Waals surface area contributed by atoms with Gasteiger partial charge in [-0.2, -0.15) is 4.98 Å². The number of nitrogens with one attached hydrogen (secondary N) is 1. The minimum Gasteiger partial charge on any atom is -0.350 e. The van der Waals surface area contributed by atoms with Gasteiger partial charge in [-0.3, -0.25) is 0 Å². The molecular weight excluding hydrogens is 164 g/mol. The van der Waals surface area contributed by atoms with Crippen LogP contribution in [-0.4, -0.2) is 20.6 Å². The van der Waals surface area contributed by atoms with Crippen LogP contribution in [0.3, 0.4) is 0 Å². The third-order valence-electron chi connectivity index (χ3n) is 2.15. The topological polar surface area (TPSA) is 42.2 Å². The highest BCUT2D eigenvalue weighted by Gasteiger charge is 2.22. The van der Waals surface area contributed by atoms with Crippen LogP contribution in [0, 0.1) is 0 Å². The van der Waals surface area contributed by atoms with Gasteiger partial charge in [-0.05, 0) is 25.0 Å².